The van der Waals surface area contributed by atoms with Gasteiger partial charge in [0.15, 0.2) is 0 Å². The van der Waals surface area contributed by atoms with E-state index in [4.69, 9.17) is 0 Å². The molecule has 0 aromatic carbocycles. The smallest absolute Gasteiger partial charge is 0.0300 e. The van der Waals surface area contributed by atoms with Crippen LogP contribution >= 0.6 is 11.3 Å². The molecule has 1 nitrogen and oxygen atoms in total. The monoisotopic (exact) mass is 209 g/mol. The van der Waals surface area contributed by atoms with Crippen LogP contribution in [-0.4, -0.2) is 6.54 Å². The van der Waals surface area contributed by atoms with E-state index in [0.717, 1.165) is 19.5 Å². The summed E-state index contributed by atoms with van der Waals surface area (Å²) in [6.07, 6.45) is 1.07. The van der Waals surface area contributed by atoms with Gasteiger partial charge in [-0.3, -0.25) is 0 Å². The summed E-state index contributed by atoms with van der Waals surface area (Å²) in [6, 6.07) is 2.27. The first-order valence-electron chi connectivity index (χ1n) is 5.00. The van der Waals surface area contributed by atoms with Crippen molar-refractivity contribution in [3.8, 4) is 0 Å². The normalized spacial score (nSPS) is 10.5. The van der Waals surface area contributed by atoms with Gasteiger partial charge in [0.05, 0.1) is 0 Å². The Morgan fingerprint density at radius 2 is 2.21 bits per heavy atom. The second kappa shape index (κ2) is 5.32. The van der Waals surface area contributed by atoms with E-state index in [2.05, 4.69) is 38.7 Å². The summed E-state index contributed by atoms with van der Waals surface area (Å²) < 4.78 is 0. The summed E-state index contributed by atoms with van der Waals surface area (Å²) in [5.74, 6) is 0. The molecule has 1 aromatic rings. The highest BCUT2D eigenvalue weighted by atomic mass is 32.1. The maximum Gasteiger partial charge on any atom is 0.0300 e. The lowest BCUT2D eigenvalue weighted by atomic mass is 10.2. The molecule has 78 valence electrons. The van der Waals surface area contributed by atoms with Crippen molar-refractivity contribution in [2.45, 2.75) is 33.7 Å². The van der Waals surface area contributed by atoms with E-state index in [1.807, 2.05) is 11.3 Å². The number of nitrogens with one attached hydrogen (secondary N) is 1. The molecule has 1 heterocycles. The minimum atomic E-state index is 0.993. The molecular formula is C12H19NS. The summed E-state index contributed by atoms with van der Waals surface area (Å²) >= 11 is 1.89. The number of hydrogen-bond acceptors (Lipinski definition) is 2. The maximum absolute atomic E-state index is 3.88. The molecule has 2 heteroatoms. The Morgan fingerprint density at radius 1 is 1.50 bits per heavy atom. The van der Waals surface area contributed by atoms with Crippen LogP contribution in [0.15, 0.2) is 18.2 Å². The number of thiophene rings is 1. The molecule has 0 spiro atoms. The predicted molar refractivity (Wildman–Crippen MR) is 64.9 cm³/mol. The van der Waals surface area contributed by atoms with Gasteiger partial charge in [0.2, 0.25) is 0 Å². The van der Waals surface area contributed by atoms with Crippen LogP contribution in [-0.2, 0) is 6.54 Å². The van der Waals surface area contributed by atoms with Gasteiger partial charge in [-0.15, -0.1) is 17.9 Å². The van der Waals surface area contributed by atoms with Crippen molar-refractivity contribution in [3.63, 3.8) is 0 Å². The average molecular weight is 209 g/mol. The molecule has 14 heavy (non-hydrogen) atoms. The molecule has 1 rings (SSSR count). The molecular weight excluding hydrogens is 190 g/mol. The summed E-state index contributed by atoms with van der Waals surface area (Å²) in [5.41, 5.74) is 2.66. The van der Waals surface area contributed by atoms with Gasteiger partial charge >= 0.3 is 0 Å². The Hall–Kier alpha value is -0.600. The average Bonchev–Trinajstić information content (AvgIpc) is 2.40. The Bertz CT molecular complexity index is 293. The SMILES string of the molecule is C=C(C)CCNCc1cc(C)c(C)s1. The van der Waals surface area contributed by atoms with Crippen LogP contribution in [0.25, 0.3) is 0 Å². The quantitative estimate of drug-likeness (QED) is 0.579. The second-order valence-electron chi connectivity index (χ2n) is 3.84. The third-order valence-corrected chi connectivity index (χ3v) is 3.40. The zero-order valence-electron chi connectivity index (χ0n) is 9.31. The molecule has 0 radical (unpaired) electrons. The third-order valence-electron chi connectivity index (χ3n) is 2.24. The van der Waals surface area contributed by atoms with Crippen LogP contribution < -0.4 is 5.32 Å². The van der Waals surface area contributed by atoms with Gasteiger partial charge in [0, 0.05) is 16.3 Å². The van der Waals surface area contributed by atoms with E-state index < -0.39 is 0 Å². The first-order chi connectivity index (χ1) is 6.59. The van der Waals surface area contributed by atoms with E-state index in [-0.39, 0.29) is 0 Å². The van der Waals surface area contributed by atoms with E-state index in [0.29, 0.717) is 0 Å². The molecule has 0 amide bonds. The van der Waals surface area contributed by atoms with Gasteiger partial charge in [-0.2, -0.15) is 0 Å². The van der Waals surface area contributed by atoms with Crippen LogP contribution in [0.2, 0.25) is 0 Å². The van der Waals surface area contributed by atoms with Crippen LogP contribution in [0.1, 0.15) is 28.7 Å². The van der Waals surface area contributed by atoms with Crippen molar-refractivity contribution in [2.24, 2.45) is 0 Å². The minimum absolute atomic E-state index is 0.993. The van der Waals surface area contributed by atoms with Crippen molar-refractivity contribution in [1.29, 1.82) is 0 Å². The Labute approximate surface area is 90.9 Å². The molecule has 0 unspecified atom stereocenters. The predicted octanol–water partition coefficient (Wildman–Crippen LogP) is 3.42. The number of aryl methyl sites for hydroxylation is 2. The van der Waals surface area contributed by atoms with Crippen molar-refractivity contribution in [3.05, 3.63) is 33.5 Å². The molecule has 1 aromatic heterocycles. The summed E-state index contributed by atoms with van der Waals surface area (Å²) in [5, 5.41) is 3.42. The van der Waals surface area contributed by atoms with E-state index in [9.17, 15) is 0 Å². The maximum atomic E-state index is 3.88. The van der Waals surface area contributed by atoms with E-state index in [1.165, 1.54) is 20.9 Å². The van der Waals surface area contributed by atoms with Crippen LogP contribution in [0.4, 0.5) is 0 Å². The molecule has 1 N–H and O–H groups in total. The first-order valence-corrected chi connectivity index (χ1v) is 5.82. The van der Waals surface area contributed by atoms with Gasteiger partial charge in [0.1, 0.15) is 0 Å². The molecule has 0 aliphatic rings. The number of hydrogen-bond donors (Lipinski definition) is 1. The lowest BCUT2D eigenvalue weighted by Crippen LogP contribution is -2.13. The van der Waals surface area contributed by atoms with Crippen molar-refractivity contribution in [1.82, 2.24) is 5.32 Å². The lowest BCUT2D eigenvalue weighted by molar-refractivity contribution is 0.691. The third kappa shape index (κ3) is 3.64. The van der Waals surface area contributed by atoms with Crippen LogP contribution in [0.5, 0.6) is 0 Å². The van der Waals surface area contributed by atoms with E-state index >= 15 is 0 Å². The second-order valence-corrected chi connectivity index (χ2v) is 5.18. The zero-order valence-corrected chi connectivity index (χ0v) is 10.1. The van der Waals surface area contributed by atoms with E-state index in [1.54, 1.807) is 0 Å². The summed E-state index contributed by atoms with van der Waals surface area (Å²) in [6.45, 7) is 12.3. The fourth-order valence-electron chi connectivity index (χ4n) is 1.25. The Balaban J connectivity index is 2.28. The van der Waals surface area contributed by atoms with Crippen molar-refractivity contribution in [2.75, 3.05) is 6.54 Å². The van der Waals surface area contributed by atoms with Gasteiger partial charge in [0.25, 0.3) is 0 Å². The highest BCUT2D eigenvalue weighted by Gasteiger charge is 2.00. The zero-order chi connectivity index (χ0) is 10.6. The Morgan fingerprint density at radius 3 is 2.71 bits per heavy atom. The molecule has 0 atom stereocenters. The minimum Gasteiger partial charge on any atom is -0.312 e. The van der Waals surface area contributed by atoms with Gasteiger partial charge in [-0.05, 0) is 45.4 Å². The molecule has 0 aliphatic carbocycles. The first kappa shape index (κ1) is 11.5. The fraction of sp³-hybridized carbons (Fsp3) is 0.500. The highest BCUT2D eigenvalue weighted by molar-refractivity contribution is 7.12. The lowest BCUT2D eigenvalue weighted by Gasteiger charge is -2.01. The summed E-state index contributed by atoms with van der Waals surface area (Å²) in [7, 11) is 0. The molecule has 0 bridgehead atoms. The van der Waals surface area contributed by atoms with Crippen molar-refractivity contribution < 1.29 is 0 Å². The summed E-state index contributed by atoms with van der Waals surface area (Å²) in [4.78, 5) is 2.86. The number of rotatable bonds is 5. The van der Waals surface area contributed by atoms with Crippen LogP contribution in [0.3, 0.4) is 0 Å². The molecule has 0 saturated carbocycles. The van der Waals surface area contributed by atoms with Crippen LogP contribution in [0, 0.1) is 13.8 Å². The van der Waals surface area contributed by atoms with Gasteiger partial charge in [-0.25, -0.2) is 0 Å². The van der Waals surface area contributed by atoms with Gasteiger partial charge in [-0.1, -0.05) is 5.57 Å². The Kier molecular flexibility index (Phi) is 4.36. The molecule has 0 saturated heterocycles. The van der Waals surface area contributed by atoms with Gasteiger partial charge < -0.3 is 5.32 Å². The molecule has 0 fully saturated rings. The topological polar surface area (TPSA) is 12.0 Å². The fourth-order valence-corrected chi connectivity index (χ4v) is 2.27. The highest BCUT2D eigenvalue weighted by Crippen LogP contribution is 2.20. The molecule has 0 aliphatic heterocycles. The standard InChI is InChI=1S/C12H19NS/c1-9(2)5-6-13-8-12-7-10(3)11(4)14-12/h7,13H,1,5-6,8H2,2-4H3. The largest absolute Gasteiger partial charge is 0.312 e. The van der Waals surface area contributed by atoms with Crippen molar-refractivity contribution >= 4 is 11.3 Å².